The molecule has 0 aliphatic rings. The van der Waals surface area contributed by atoms with Gasteiger partial charge in [-0.05, 0) is 43.7 Å². The number of hydrogen-bond donors (Lipinski definition) is 1. The molecule has 1 N–H and O–H groups in total. The maximum absolute atomic E-state index is 12.6. The summed E-state index contributed by atoms with van der Waals surface area (Å²) in [5.74, 6) is -0.0325. The van der Waals surface area contributed by atoms with Crippen molar-refractivity contribution in [1.82, 2.24) is 25.0 Å². The summed E-state index contributed by atoms with van der Waals surface area (Å²) in [4.78, 5) is 30.6. The summed E-state index contributed by atoms with van der Waals surface area (Å²) in [7, 11) is 1.72. The van der Waals surface area contributed by atoms with Crippen molar-refractivity contribution in [2.75, 3.05) is 20.2 Å². The Balaban J connectivity index is 1.59. The first-order valence-corrected chi connectivity index (χ1v) is 9.72. The molecule has 1 heterocycles. The third kappa shape index (κ3) is 4.83. The van der Waals surface area contributed by atoms with E-state index in [1.165, 1.54) is 6.33 Å². The smallest absolute Gasteiger partial charge is 0.255 e. The molecule has 0 aliphatic heterocycles. The number of benzene rings is 2. The van der Waals surface area contributed by atoms with E-state index < -0.39 is 0 Å². The molecule has 0 saturated carbocycles. The molecule has 3 rings (SSSR count). The van der Waals surface area contributed by atoms with E-state index in [9.17, 15) is 9.59 Å². The Morgan fingerprint density at radius 1 is 1.17 bits per heavy atom. The van der Waals surface area contributed by atoms with E-state index in [1.807, 2.05) is 38.1 Å². The molecule has 0 radical (unpaired) electrons. The second kappa shape index (κ2) is 9.69. The SMILES string of the molecule is CCOc1ccccc1C(=O)NCC(=O)N(C)[C@@H](C)c1ccc(-n2cncn2)cc1. The van der Waals surface area contributed by atoms with Crippen LogP contribution in [0.3, 0.4) is 0 Å². The molecule has 8 heteroatoms. The maximum atomic E-state index is 12.6. The average molecular weight is 407 g/mol. The fraction of sp³-hybridized carbons (Fsp3) is 0.273. The molecule has 2 amide bonds. The summed E-state index contributed by atoms with van der Waals surface area (Å²) in [6, 6.07) is 14.6. The van der Waals surface area contributed by atoms with Gasteiger partial charge in [-0.3, -0.25) is 9.59 Å². The van der Waals surface area contributed by atoms with Crippen molar-refractivity contribution < 1.29 is 14.3 Å². The highest BCUT2D eigenvalue weighted by Crippen LogP contribution is 2.21. The molecule has 0 bridgehead atoms. The standard InChI is InChI=1S/C22H25N5O3/c1-4-30-20-8-6-5-7-19(20)22(29)24-13-21(28)26(3)16(2)17-9-11-18(12-10-17)27-15-23-14-25-27/h5-12,14-16H,4,13H2,1-3H3,(H,24,29)/t16-/m0/s1. The summed E-state index contributed by atoms with van der Waals surface area (Å²) in [5.41, 5.74) is 2.27. The van der Waals surface area contributed by atoms with Gasteiger partial charge < -0.3 is 15.0 Å². The third-order valence-electron chi connectivity index (χ3n) is 4.86. The molecule has 0 aliphatic carbocycles. The van der Waals surface area contributed by atoms with Crippen molar-refractivity contribution >= 4 is 11.8 Å². The van der Waals surface area contributed by atoms with Gasteiger partial charge in [0.05, 0.1) is 30.4 Å². The Labute approximate surface area is 175 Å². The number of nitrogens with one attached hydrogen (secondary N) is 1. The second-order valence-electron chi connectivity index (χ2n) is 6.72. The predicted octanol–water partition coefficient (Wildman–Crippen LogP) is 2.62. The molecular formula is C22H25N5O3. The maximum Gasteiger partial charge on any atom is 0.255 e. The van der Waals surface area contributed by atoms with Crippen LogP contribution in [-0.4, -0.2) is 51.7 Å². The minimum Gasteiger partial charge on any atom is -0.493 e. The van der Waals surface area contributed by atoms with Gasteiger partial charge in [-0.15, -0.1) is 0 Å². The molecule has 8 nitrogen and oxygen atoms in total. The van der Waals surface area contributed by atoms with Gasteiger partial charge in [0.25, 0.3) is 5.91 Å². The number of carbonyl (C=O) groups is 2. The van der Waals surface area contributed by atoms with Crippen LogP contribution >= 0.6 is 0 Å². The highest BCUT2D eigenvalue weighted by molar-refractivity contribution is 5.98. The van der Waals surface area contributed by atoms with E-state index in [4.69, 9.17) is 4.74 Å². The molecule has 30 heavy (non-hydrogen) atoms. The fourth-order valence-corrected chi connectivity index (χ4v) is 3.00. The number of aromatic nitrogens is 3. The normalized spacial score (nSPS) is 11.6. The zero-order valence-electron chi connectivity index (χ0n) is 17.3. The highest BCUT2D eigenvalue weighted by Gasteiger charge is 2.19. The zero-order valence-corrected chi connectivity index (χ0v) is 17.3. The number of hydrogen-bond acceptors (Lipinski definition) is 5. The molecule has 156 valence electrons. The van der Waals surface area contributed by atoms with Crippen molar-refractivity contribution in [3.63, 3.8) is 0 Å². The molecule has 0 fully saturated rings. The number of likely N-dealkylation sites (N-methyl/N-ethyl adjacent to an activating group) is 1. The van der Waals surface area contributed by atoms with Gasteiger partial charge >= 0.3 is 0 Å². The molecule has 0 unspecified atom stereocenters. The second-order valence-corrected chi connectivity index (χ2v) is 6.72. The lowest BCUT2D eigenvalue weighted by Crippen LogP contribution is -2.39. The monoisotopic (exact) mass is 407 g/mol. The van der Waals surface area contributed by atoms with Gasteiger partial charge in [0.2, 0.25) is 5.91 Å². The molecule has 1 aromatic heterocycles. The molecule has 0 spiro atoms. The van der Waals surface area contributed by atoms with E-state index in [2.05, 4.69) is 15.4 Å². The van der Waals surface area contributed by atoms with Crippen LogP contribution in [0.15, 0.2) is 61.2 Å². The van der Waals surface area contributed by atoms with Crippen molar-refractivity contribution in [2.24, 2.45) is 0 Å². The summed E-state index contributed by atoms with van der Waals surface area (Å²) in [6.07, 6.45) is 3.10. The Morgan fingerprint density at radius 2 is 1.90 bits per heavy atom. The quantitative estimate of drug-likeness (QED) is 0.620. The number of rotatable bonds is 8. The van der Waals surface area contributed by atoms with Crippen LogP contribution in [0.1, 0.15) is 35.8 Å². The number of carbonyl (C=O) groups excluding carboxylic acids is 2. The number of nitrogens with zero attached hydrogens (tertiary/aromatic N) is 4. The van der Waals surface area contributed by atoms with E-state index in [0.29, 0.717) is 17.9 Å². The van der Waals surface area contributed by atoms with Crippen LogP contribution in [0, 0.1) is 0 Å². The molecule has 1 atom stereocenters. The zero-order chi connectivity index (χ0) is 21.5. The van der Waals surface area contributed by atoms with Gasteiger partial charge in [0.15, 0.2) is 0 Å². The number of ether oxygens (including phenoxy) is 1. The first-order chi connectivity index (χ1) is 14.5. The Morgan fingerprint density at radius 3 is 2.57 bits per heavy atom. The van der Waals surface area contributed by atoms with Crippen molar-refractivity contribution in [3.8, 4) is 11.4 Å². The third-order valence-corrected chi connectivity index (χ3v) is 4.86. The molecular weight excluding hydrogens is 382 g/mol. The predicted molar refractivity (Wildman–Crippen MR) is 112 cm³/mol. The van der Waals surface area contributed by atoms with Crippen molar-refractivity contribution in [2.45, 2.75) is 19.9 Å². The Bertz CT molecular complexity index is 986. The van der Waals surface area contributed by atoms with Crippen LogP contribution in [0.2, 0.25) is 0 Å². The number of amides is 2. The topological polar surface area (TPSA) is 89.4 Å². The Kier molecular flexibility index (Phi) is 6.79. The molecule has 0 saturated heterocycles. The Hall–Kier alpha value is -3.68. The lowest BCUT2D eigenvalue weighted by molar-refractivity contribution is -0.130. The summed E-state index contributed by atoms with van der Waals surface area (Å²) in [5, 5.41) is 6.78. The van der Waals surface area contributed by atoms with E-state index >= 15 is 0 Å². The minimum atomic E-state index is -0.342. The van der Waals surface area contributed by atoms with Crippen LogP contribution in [0.5, 0.6) is 5.75 Å². The van der Waals surface area contributed by atoms with Gasteiger partial charge in [-0.2, -0.15) is 5.10 Å². The average Bonchev–Trinajstić information content (AvgIpc) is 3.32. The molecule has 2 aromatic carbocycles. The minimum absolute atomic E-state index is 0.100. The van der Waals surface area contributed by atoms with E-state index in [0.717, 1.165) is 11.3 Å². The van der Waals surface area contributed by atoms with Crippen LogP contribution < -0.4 is 10.1 Å². The van der Waals surface area contributed by atoms with E-state index in [1.54, 1.807) is 47.2 Å². The lowest BCUT2D eigenvalue weighted by atomic mass is 10.1. The van der Waals surface area contributed by atoms with Crippen molar-refractivity contribution in [1.29, 1.82) is 0 Å². The summed E-state index contributed by atoms with van der Waals surface area (Å²) in [6.45, 7) is 4.15. The first-order valence-electron chi connectivity index (χ1n) is 9.72. The van der Waals surface area contributed by atoms with Gasteiger partial charge in [-0.25, -0.2) is 9.67 Å². The summed E-state index contributed by atoms with van der Waals surface area (Å²) < 4.78 is 7.14. The number of para-hydroxylation sites is 1. The van der Waals surface area contributed by atoms with E-state index in [-0.39, 0.29) is 24.4 Å². The molecule has 3 aromatic rings. The van der Waals surface area contributed by atoms with Crippen LogP contribution in [-0.2, 0) is 4.79 Å². The fourth-order valence-electron chi connectivity index (χ4n) is 3.00. The van der Waals surface area contributed by atoms with Crippen LogP contribution in [0.4, 0.5) is 0 Å². The first kappa shape index (κ1) is 21.0. The van der Waals surface area contributed by atoms with Gasteiger partial charge in [-0.1, -0.05) is 24.3 Å². The highest BCUT2D eigenvalue weighted by atomic mass is 16.5. The van der Waals surface area contributed by atoms with Gasteiger partial charge in [0, 0.05) is 7.05 Å². The van der Waals surface area contributed by atoms with Gasteiger partial charge in [0.1, 0.15) is 18.4 Å². The lowest BCUT2D eigenvalue weighted by Gasteiger charge is -2.25. The largest absolute Gasteiger partial charge is 0.493 e. The van der Waals surface area contributed by atoms with Crippen molar-refractivity contribution in [3.05, 3.63) is 72.3 Å². The van der Waals surface area contributed by atoms with Crippen LogP contribution in [0.25, 0.3) is 5.69 Å². The summed E-state index contributed by atoms with van der Waals surface area (Å²) >= 11 is 0.